The summed E-state index contributed by atoms with van der Waals surface area (Å²) < 4.78 is 0. The van der Waals surface area contributed by atoms with Crippen molar-refractivity contribution in [3.63, 3.8) is 0 Å². The predicted molar refractivity (Wildman–Crippen MR) is 23.1 cm³/mol. The molecule has 0 aromatic rings. The van der Waals surface area contributed by atoms with E-state index in [1.54, 1.807) is 0 Å². The summed E-state index contributed by atoms with van der Waals surface area (Å²) in [6, 6.07) is 0. The summed E-state index contributed by atoms with van der Waals surface area (Å²) in [5.41, 5.74) is 0. The van der Waals surface area contributed by atoms with Crippen molar-refractivity contribution in [1.29, 1.82) is 0 Å². The molecule has 0 aromatic heterocycles. The van der Waals surface area contributed by atoms with Gasteiger partial charge >= 0.3 is 29.6 Å². The van der Waals surface area contributed by atoms with Crippen LogP contribution in [0.2, 0.25) is 10.5 Å². The Morgan fingerprint density at radius 3 is 1.25 bits per heavy atom. The monoisotopic (exact) mass is 110 g/mol. The van der Waals surface area contributed by atoms with E-state index in [1.165, 1.54) is 0 Å². The molecule has 0 saturated carbocycles. The molecule has 0 heterocycles. The average molecular weight is 110 g/mol. The van der Waals surface area contributed by atoms with Crippen LogP contribution >= 0.6 is 0 Å². The van der Waals surface area contributed by atoms with Gasteiger partial charge in [-0.1, -0.05) is 0 Å². The normalized spacial score (nSPS) is 3.50. The van der Waals surface area contributed by atoms with E-state index in [4.69, 9.17) is 0 Å². The summed E-state index contributed by atoms with van der Waals surface area (Å²) in [7, 11) is 0. The van der Waals surface area contributed by atoms with Crippen LogP contribution in [-0.2, 0) is 19.2 Å². The van der Waals surface area contributed by atoms with Crippen LogP contribution in [0.1, 0.15) is 0 Å². The van der Waals surface area contributed by atoms with Crippen LogP contribution in [0.15, 0.2) is 0 Å². The second-order valence-corrected chi connectivity index (χ2v) is 2.06. The molecule has 0 amide bonds. The number of hydrogen-bond donors (Lipinski definition) is 0. The van der Waals surface area contributed by atoms with Gasteiger partial charge in [0, 0.05) is 0 Å². The summed E-state index contributed by atoms with van der Waals surface area (Å²) in [6.07, 6.45) is 0. The molecule has 4 heavy (non-hydrogen) atoms. The van der Waals surface area contributed by atoms with Gasteiger partial charge in [-0.3, -0.25) is 0 Å². The maximum absolute atomic E-state index is 2.25. The van der Waals surface area contributed by atoms with Crippen LogP contribution in [0.25, 0.3) is 0 Å². The van der Waals surface area contributed by atoms with Crippen molar-refractivity contribution in [3.05, 3.63) is 0 Å². The fraction of sp³-hybridized carbons (Fsp3) is 1.00. The van der Waals surface area contributed by atoms with Crippen molar-refractivity contribution >= 4 is 11.0 Å². The molecule has 26 valence electrons. The minimum atomic E-state index is 0. The number of hydrogen-bond acceptors (Lipinski definition) is 0. The summed E-state index contributed by atoms with van der Waals surface area (Å²) in [6.45, 7) is 0. The van der Waals surface area contributed by atoms with Gasteiger partial charge in [-0.25, -0.2) is 0 Å². The maximum Gasteiger partial charge on any atom is -0.0149 e. The zero-order chi connectivity index (χ0) is 2.71. The van der Waals surface area contributed by atoms with E-state index in [9.17, 15) is 0 Å². The molecule has 0 aromatic carbocycles. The van der Waals surface area contributed by atoms with E-state index < -0.39 is 0 Å². The van der Waals surface area contributed by atoms with Gasteiger partial charge in [0.15, 0.2) is 0 Å². The molecular weight excluding hydrogens is 100.0 g/mol. The van der Waals surface area contributed by atoms with Gasteiger partial charge in [0.2, 0.25) is 0 Å². The Morgan fingerprint density at radius 2 is 1.25 bits per heavy atom. The first kappa shape index (κ1) is 8.87. The fourth-order valence-electron chi connectivity index (χ4n) is 0. The van der Waals surface area contributed by atoms with Crippen LogP contribution in [0.3, 0.4) is 0 Å². The SMILES string of the molecule is [CH3][Ti][CH3].[SiH4]. The molecule has 0 nitrogen and oxygen atoms in total. The zero-order valence-corrected chi connectivity index (χ0v) is 4.06. The molecule has 0 aliphatic carbocycles. The van der Waals surface area contributed by atoms with E-state index in [0.717, 1.165) is 0 Å². The van der Waals surface area contributed by atoms with Gasteiger partial charge in [0.1, 0.15) is 0 Å². The smallest absolute Gasteiger partial charge is 0.0149 e. The Bertz CT molecular complexity index is 6.00. The second kappa shape index (κ2) is 9.06. The summed E-state index contributed by atoms with van der Waals surface area (Å²) in [5.74, 6) is 0. The van der Waals surface area contributed by atoms with E-state index in [2.05, 4.69) is 10.5 Å². The molecule has 0 N–H and O–H groups in total. The largest absolute Gasteiger partial charge is 0.0149 e. The fourth-order valence-corrected chi connectivity index (χ4v) is 0. The molecule has 0 atom stereocenters. The Balaban J connectivity index is 0. The zero-order valence-electron chi connectivity index (χ0n) is 2.50. The Morgan fingerprint density at radius 1 is 1.25 bits per heavy atom. The van der Waals surface area contributed by atoms with Crippen molar-refractivity contribution in [1.82, 2.24) is 0 Å². The van der Waals surface area contributed by atoms with Gasteiger partial charge in [-0.2, -0.15) is 0 Å². The minimum absolute atomic E-state index is 0. The molecule has 0 spiro atoms. The van der Waals surface area contributed by atoms with Crippen molar-refractivity contribution in [2.45, 2.75) is 10.5 Å². The first-order valence-corrected chi connectivity index (χ1v) is 4.12. The van der Waals surface area contributed by atoms with Gasteiger partial charge in [-0.15, -0.1) is 0 Å². The molecule has 0 aliphatic heterocycles. The quantitative estimate of drug-likeness (QED) is 0.376. The standard InChI is InChI=1S/2CH3.H4Si.Ti/h2*1H3;1H4;. The van der Waals surface area contributed by atoms with E-state index in [1.807, 2.05) is 0 Å². The topological polar surface area (TPSA) is 0 Å². The second-order valence-electron chi connectivity index (χ2n) is 0.500. The van der Waals surface area contributed by atoms with Crippen molar-refractivity contribution in [2.24, 2.45) is 0 Å². The molecule has 0 radical (unpaired) electrons. The van der Waals surface area contributed by atoms with Crippen LogP contribution in [0, 0.1) is 0 Å². The van der Waals surface area contributed by atoms with Crippen molar-refractivity contribution < 1.29 is 19.2 Å². The molecule has 0 saturated heterocycles. The minimum Gasteiger partial charge on any atom is -0.0149 e. The van der Waals surface area contributed by atoms with Crippen molar-refractivity contribution in [3.8, 4) is 0 Å². The summed E-state index contributed by atoms with van der Waals surface area (Å²) >= 11 is 0.500. The van der Waals surface area contributed by atoms with Gasteiger partial charge in [0.05, 0.1) is 0 Å². The Kier molecular flexibility index (Phi) is 20.1. The van der Waals surface area contributed by atoms with Gasteiger partial charge in [0.25, 0.3) is 0 Å². The predicted octanol–water partition coefficient (Wildman–Crippen LogP) is -0.287. The Hall–Kier alpha value is 0.931. The van der Waals surface area contributed by atoms with Crippen LogP contribution in [0.5, 0.6) is 0 Å². The third-order valence-corrected chi connectivity index (χ3v) is 0. The van der Waals surface area contributed by atoms with E-state index in [-0.39, 0.29) is 11.0 Å². The third-order valence-electron chi connectivity index (χ3n) is 0. The van der Waals surface area contributed by atoms with Gasteiger partial charge in [-0.05, 0) is 11.0 Å². The number of rotatable bonds is 0. The molecular formula is C2H10SiTi. The molecule has 0 fully saturated rings. The van der Waals surface area contributed by atoms with Gasteiger partial charge < -0.3 is 0 Å². The first-order chi connectivity index (χ1) is 1.41. The molecule has 0 rings (SSSR count). The van der Waals surface area contributed by atoms with E-state index in [0.29, 0.717) is 19.2 Å². The molecule has 0 aliphatic rings. The first-order valence-electron chi connectivity index (χ1n) is 1.00. The molecule has 0 bridgehead atoms. The Labute approximate surface area is 40.9 Å². The summed E-state index contributed by atoms with van der Waals surface area (Å²) in [5, 5.41) is 4.50. The summed E-state index contributed by atoms with van der Waals surface area (Å²) in [4.78, 5) is 0. The average Bonchev–Trinajstić information content (AvgIpc) is 0.918. The molecule has 0 unspecified atom stereocenters. The third kappa shape index (κ3) is 12.6. The van der Waals surface area contributed by atoms with Crippen LogP contribution in [0.4, 0.5) is 0 Å². The molecule has 2 heteroatoms. The van der Waals surface area contributed by atoms with Crippen LogP contribution < -0.4 is 0 Å². The van der Waals surface area contributed by atoms with Crippen molar-refractivity contribution in [2.75, 3.05) is 0 Å². The van der Waals surface area contributed by atoms with Crippen LogP contribution in [-0.4, -0.2) is 11.0 Å². The van der Waals surface area contributed by atoms with E-state index >= 15 is 0 Å². The maximum atomic E-state index is 2.25.